The van der Waals surface area contributed by atoms with Gasteiger partial charge in [0.1, 0.15) is 0 Å². The number of allylic oxidation sites excluding steroid dienone is 4. The van der Waals surface area contributed by atoms with Gasteiger partial charge in [-0.3, -0.25) is 14.6 Å². The third kappa shape index (κ3) is 2.83. The number of aliphatic imine (C=N–C) groups is 1. The number of halogens is 2. The quantitative estimate of drug-likeness (QED) is 0.829. The summed E-state index contributed by atoms with van der Waals surface area (Å²) >= 11 is 0. The minimum absolute atomic E-state index is 0.0382. The van der Waals surface area contributed by atoms with Gasteiger partial charge in [-0.15, -0.1) is 0 Å². The summed E-state index contributed by atoms with van der Waals surface area (Å²) in [5.74, 6) is -2.36. The smallest absolute Gasteiger partial charge is 0.256 e. The van der Waals surface area contributed by atoms with E-state index in [0.717, 1.165) is 23.4 Å². The molecule has 1 aromatic carbocycles. The third-order valence-electron chi connectivity index (χ3n) is 5.74. The summed E-state index contributed by atoms with van der Waals surface area (Å²) in [5, 5.41) is 0.320. The molecule has 0 radical (unpaired) electrons. The molecule has 6 nitrogen and oxygen atoms in total. The molecule has 0 saturated carbocycles. The van der Waals surface area contributed by atoms with Crippen molar-refractivity contribution in [1.82, 2.24) is 9.88 Å². The van der Waals surface area contributed by atoms with E-state index in [0.29, 0.717) is 23.3 Å². The number of hydrogen-bond donors (Lipinski definition) is 1. The number of hydrogen-bond acceptors (Lipinski definition) is 4. The van der Waals surface area contributed by atoms with Crippen molar-refractivity contribution in [3.05, 3.63) is 81.0 Å². The van der Waals surface area contributed by atoms with Crippen LogP contribution in [0.1, 0.15) is 23.7 Å². The number of H-pyrrole nitrogens is 1. The highest BCUT2D eigenvalue weighted by Gasteiger charge is 2.33. The summed E-state index contributed by atoms with van der Waals surface area (Å²) in [7, 11) is 1.64. The van der Waals surface area contributed by atoms with Crippen molar-refractivity contribution >= 4 is 22.4 Å². The summed E-state index contributed by atoms with van der Waals surface area (Å²) in [6.07, 6.45) is 7.62. The summed E-state index contributed by atoms with van der Waals surface area (Å²) < 4.78 is 33.4. The number of carbonyl (C=O) groups excluding carboxylic acids is 1. The Hall–Kier alpha value is -3.39. The molecule has 0 unspecified atom stereocenters. The maximum Gasteiger partial charge on any atom is 0.256 e. The first-order chi connectivity index (χ1) is 14.4. The molecule has 30 heavy (non-hydrogen) atoms. The van der Waals surface area contributed by atoms with Crippen molar-refractivity contribution in [2.75, 3.05) is 13.7 Å². The van der Waals surface area contributed by atoms with Crippen LogP contribution in [0.25, 0.3) is 10.8 Å². The van der Waals surface area contributed by atoms with E-state index < -0.39 is 23.2 Å². The Morgan fingerprint density at radius 1 is 1.23 bits per heavy atom. The fourth-order valence-corrected chi connectivity index (χ4v) is 4.17. The molecule has 1 N–H and O–H groups in total. The maximum absolute atomic E-state index is 14.0. The summed E-state index contributed by atoms with van der Waals surface area (Å²) in [6.45, 7) is 0.293. The van der Waals surface area contributed by atoms with E-state index in [1.165, 1.54) is 4.90 Å². The Morgan fingerprint density at radius 2 is 2.00 bits per heavy atom. The predicted octanol–water partition coefficient (Wildman–Crippen LogP) is 3.06. The first-order valence-corrected chi connectivity index (χ1v) is 9.47. The van der Waals surface area contributed by atoms with Crippen molar-refractivity contribution < 1.29 is 18.3 Å². The Kier molecular flexibility index (Phi) is 4.25. The lowest BCUT2D eigenvalue weighted by Gasteiger charge is -2.34. The molecule has 2 aromatic rings. The van der Waals surface area contributed by atoms with Crippen molar-refractivity contribution in [2.45, 2.75) is 19.1 Å². The van der Waals surface area contributed by atoms with Crippen LogP contribution in [0.2, 0.25) is 0 Å². The molecule has 0 spiro atoms. The number of pyridine rings is 1. The number of benzene rings is 1. The van der Waals surface area contributed by atoms with Gasteiger partial charge in [0.05, 0.1) is 30.4 Å². The molecule has 0 bridgehead atoms. The Labute approximate surface area is 169 Å². The predicted molar refractivity (Wildman–Crippen MR) is 107 cm³/mol. The lowest BCUT2D eigenvalue weighted by Crippen LogP contribution is -2.38. The van der Waals surface area contributed by atoms with Crippen LogP contribution in [0.15, 0.2) is 57.5 Å². The molecule has 1 aliphatic carbocycles. The van der Waals surface area contributed by atoms with E-state index in [9.17, 15) is 18.4 Å². The summed E-state index contributed by atoms with van der Waals surface area (Å²) in [4.78, 5) is 34.1. The van der Waals surface area contributed by atoms with Crippen LogP contribution < -0.4 is 5.56 Å². The van der Waals surface area contributed by atoms with E-state index in [2.05, 4.69) is 9.98 Å². The van der Waals surface area contributed by atoms with E-state index in [-0.39, 0.29) is 29.9 Å². The summed E-state index contributed by atoms with van der Waals surface area (Å²) in [6, 6.07) is 1.34. The highest BCUT2D eigenvalue weighted by atomic mass is 19.2. The number of ether oxygens (including phenoxy) is 1. The molecule has 5 rings (SSSR count). The number of carbonyl (C=O) groups is 1. The van der Waals surface area contributed by atoms with Crippen LogP contribution in [0.3, 0.4) is 0 Å². The minimum Gasteiger partial charge on any atom is -0.373 e. The molecule has 1 atom stereocenters. The summed E-state index contributed by atoms with van der Waals surface area (Å²) in [5.41, 5.74) is 2.89. The molecule has 1 aromatic heterocycles. The number of nitrogens with zero attached hydrogens (tertiary/aromatic N) is 2. The SMILES string of the molecule is CN(C(=O)C1=CC=C2C=CN=C2C1)[C@H]1COCc2[nH]c(=O)c3cc(F)c(F)cc3c21. The lowest BCUT2D eigenvalue weighted by molar-refractivity contribution is -0.130. The normalized spacial score (nSPS) is 19.7. The van der Waals surface area contributed by atoms with Crippen LogP contribution in [0, 0.1) is 11.6 Å². The number of aromatic amines is 1. The number of aromatic nitrogens is 1. The highest BCUT2D eigenvalue weighted by molar-refractivity contribution is 6.12. The zero-order valence-corrected chi connectivity index (χ0v) is 16.0. The number of likely N-dealkylation sites (N-methyl/N-ethyl adjacent to an activating group) is 1. The van der Waals surface area contributed by atoms with Gasteiger partial charge in [0, 0.05) is 36.5 Å². The second-order valence-corrected chi connectivity index (χ2v) is 7.49. The first-order valence-electron chi connectivity index (χ1n) is 9.47. The Morgan fingerprint density at radius 3 is 2.80 bits per heavy atom. The minimum atomic E-state index is -1.10. The van der Waals surface area contributed by atoms with Gasteiger partial charge in [-0.2, -0.15) is 0 Å². The molecule has 8 heteroatoms. The van der Waals surface area contributed by atoms with E-state index in [1.54, 1.807) is 19.3 Å². The lowest BCUT2D eigenvalue weighted by atomic mass is 9.93. The van der Waals surface area contributed by atoms with Crippen molar-refractivity contribution in [1.29, 1.82) is 0 Å². The topological polar surface area (TPSA) is 74.8 Å². The molecule has 1 amide bonds. The van der Waals surface area contributed by atoms with Gasteiger partial charge in [0.25, 0.3) is 11.5 Å². The average molecular weight is 409 g/mol. The van der Waals surface area contributed by atoms with E-state index in [4.69, 9.17) is 4.74 Å². The fraction of sp³-hybridized carbons (Fsp3) is 0.227. The fourth-order valence-electron chi connectivity index (χ4n) is 4.17. The van der Waals surface area contributed by atoms with E-state index >= 15 is 0 Å². The Balaban J connectivity index is 1.57. The van der Waals surface area contributed by atoms with Gasteiger partial charge >= 0.3 is 0 Å². The standard InChI is InChI=1S/C22H17F2N3O3/c1-27(22(29)12-3-2-11-4-5-25-17(11)6-12)19-10-30-9-18-20(19)13-7-15(23)16(24)8-14(13)21(28)26-18/h2-5,7-8,19H,6,9-10H2,1H3,(H,26,28)/t19-/m0/s1. The molecule has 0 fully saturated rings. The van der Waals surface area contributed by atoms with E-state index in [1.807, 2.05) is 12.2 Å². The molecule has 152 valence electrons. The molecule has 3 heterocycles. The number of amides is 1. The molecular formula is C22H17F2N3O3. The zero-order chi connectivity index (χ0) is 21.0. The molecular weight excluding hydrogens is 392 g/mol. The van der Waals surface area contributed by atoms with Gasteiger partial charge in [0.15, 0.2) is 11.6 Å². The van der Waals surface area contributed by atoms with Crippen LogP contribution in [0.5, 0.6) is 0 Å². The molecule has 0 saturated heterocycles. The number of rotatable bonds is 2. The van der Waals surface area contributed by atoms with Gasteiger partial charge < -0.3 is 14.6 Å². The molecule has 2 aliphatic heterocycles. The van der Waals surface area contributed by atoms with Crippen LogP contribution in [0.4, 0.5) is 8.78 Å². The van der Waals surface area contributed by atoms with Gasteiger partial charge in [-0.05, 0) is 29.2 Å². The number of nitrogens with one attached hydrogen (secondary N) is 1. The highest BCUT2D eigenvalue weighted by Crippen LogP contribution is 2.35. The maximum atomic E-state index is 14.0. The second kappa shape index (κ2) is 6.84. The van der Waals surface area contributed by atoms with Crippen LogP contribution in [-0.2, 0) is 16.1 Å². The number of fused-ring (bicyclic) bond motifs is 4. The monoisotopic (exact) mass is 409 g/mol. The first kappa shape index (κ1) is 18.6. The van der Waals surface area contributed by atoms with Gasteiger partial charge in [-0.25, -0.2) is 8.78 Å². The second-order valence-electron chi connectivity index (χ2n) is 7.49. The third-order valence-corrected chi connectivity index (χ3v) is 5.74. The average Bonchev–Trinajstić information content (AvgIpc) is 3.21. The van der Waals surface area contributed by atoms with Crippen molar-refractivity contribution in [2.24, 2.45) is 4.99 Å². The zero-order valence-electron chi connectivity index (χ0n) is 16.0. The van der Waals surface area contributed by atoms with Crippen LogP contribution >= 0.6 is 0 Å². The van der Waals surface area contributed by atoms with Gasteiger partial charge in [0.2, 0.25) is 0 Å². The van der Waals surface area contributed by atoms with Crippen molar-refractivity contribution in [3.8, 4) is 0 Å². The van der Waals surface area contributed by atoms with Crippen LogP contribution in [-0.4, -0.2) is 35.2 Å². The largest absolute Gasteiger partial charge is 0.373 e. The van der Waals surface area contributed by atoms with Gasteiger partial charge in [-0.1, -0.05) is 12.2 Å². The Bertz CT molecular complexity index is 1290. The van der Waals surface area contributed by atoms with Crippen molar-refractivity contribution in [3.63, 3.8) is 0 Å². The molecule has 3 aliphatic rings.